The third-order valence-corrected chi connectivity index (χ3v) is 7.55. The third-order valence-electron chi connectivity index (χ3n) is 7.01. The molecule has 2 aliphatic rings. The summed E-state index contributed by atoms with van der Waals surface area (Å²) >= 11 is 11.8. The normalized spacial score (nSPS) is 21.6. The number of nitrogens with one attached hydrogen (secondary N) is 1. The highest BCUT2D eigenvalue weighted by atomic mass is 35.5. The maximum Gasteiger partial charge on any atom is 0.352 e. The van der Waals surface area contributed by atoms with E-state index in [2.05, 4.69) is 20.4 Å². The number of hydrogen-bond acceptors (Lipinski definition) is 8. The fourth-order valence-electron chi connectivity index (χ4n) is 4.03. The first-order valence-corrected chi connectivity index (χ1v) is 13.2. The molecule has 41 heavy (non-hydrogen) atoms. The third kappa shape index (κ3) is 6.18. The number of rotatable bonds is 7. The van der Waals surface area contributed by atoms with Crippen molar-refractivity contribution >= 4 is 64.3 Å². The number of carboxylic acids is 3. The maximum absolute atomic E-state index is 12.1. The Morgan fingerprint density at radius 2 is 1.76 bits per heavy atom. The minimum Gasteiger partial charge on any atom is -0.479 e. The summed E-state index contributed by atoms with van der Waals surface area (Å²) in [6, 6.07) is 6.04. The van der Waals surface area contributed by atoms with Gasteiger partial charge in [-0.1, -0.05) is 44.0 Å². The van der Waals surface area contributed by atoms with Crippen LogP contribution in [-0.2, 0) is 20.8 Å². The summed E-state index contributed by atoms with van der Waals surface area (Å²) in [5, 5.41) is 35.9. The smallest absolute Gasteiger partial charge is 0.352 e. The molecular weight excluding hydrogens is 577 g/mol. The van der Waals surface area contributed by atoms with E-state index in [1.165, 1.54) is 25.1 Å². The van der Waals surface area contributed by atoms with E-state index in [0.717, 1.165) is 10.6 Å². The molecule has 0 aliphatic carbocycles. The van der Waals surface area contributed by atoms with Crippen molar-refractivity contribution in [2.45, 2.75) is 58.5 Å². The van der Waals surface area contributed by atoms with Gasteiger partial charge in [-0.05, 0) is 56.0 Å². The Balaban J connectivity index is 0.000000226. The maximum atomic E-state index is 12.1. The molecule has 1 amide bonds. The molecular formula is C27H29Cl2N5O7. The number of halogens is 2. The van der Waals surface area contributed by atoms with Crippen LogP contribution in [0, 0.1) is 5.92 Å². The zero-order chi connectivity index (χ0) is 30.9. The number of amidine groups is 1. The molecule has 1 aromatic heterocycles. The highest BCUT2D eigenvalue weighted by Gasteiger charge is 2.48. The molecule has 1 aromatic carbocycles. The molecule has 2 aromatic rings. The van der Waals surface area contributed by atoms with Gasteiger partial charge in [0.15, 0.2) is 11.4 Å². The fraction of sp³-hybridized carbons (Fsp3) is 0.370. The van der Waals surface area contributed by atoms with Gasteiger partial charge in [-0.15, -0.1) is 0 Å². The van der Waals surface area contributed by atoms with Gasteiger partial charge in [0, 0.05) is 17.6 Å². The molecule has 2 unspecified atom stereocenters. The SMILES string of the molecule is CC1(C(=O)O)CC(C(=O)O)=NN1c1ccc(Cl)cc1Cl.CCc1cnc(C2=NC(C)(C(C)C)C(=O)N2)c(C(=O)O)c1. The number of anilines is 1. The summed E-state index contributed by atoms with van der Waals surface area (Å²) in [4.78, 5) is 54.6. The molecule has 0 fully saturated rings. The summed E-state index contributed by atoms with van der Waals surface area (Å²) in [5.74, 6) is -3.53. The topological polar surface area (TPSA) is 182 Å². The fourth-order valence-corrected chi connectivity index (χ4v) is 4.51. The van der Waals surface area contributed by atoms with Crippen LogP contribution >= 0.6 is 23.2 Å². The number of carbonyl (C=O) groups is 4. The van der Waals surface area contributed by atoms with Crippen molar-refractivity contribution in [3.8, 4) is 0 Å². The Hall–Kier alpha value is -4.03. The van der Waals surface area contributed by atoms with Crippen LogP contribution in [0.2, 0.25) is 10.0 Å². The van der Waals surface area contributed by atoms with Crippen LogP contribution in [0.1, 0.15) is 62.7 Å². The summed E-state index contributed by atoms with van der Waals surface area (Å²) < 4.78 is 0. The molecule has 4 rings (SSSR count). The number of hydrazone groups is 1. The molecule has 3 heterocycles. The van der Waals surface area contributed by atoms with Gasteiger partial charge in [0.25, 0.3) is 5.91 Å². The second-order valence-corrected chi connectivity index (χ2v) is 11.0. The average Bonchev–Trinajstić information content (AvgIpc) is 3.42. The van der Waals surface area contributed by atoms with Gasteiger partial charge in [-0.2, -0.15) is 5.10 Å². The predicted molar refractivity (Wildman–Crippen MR) is 153 cm³/mol. The number of benzene rings is 1. The molecule has 4 N–H and O–H groups in total. The zero-order valence-electron chi connectivity index (χ0n) is 22.9. The number of amides is 1. The van der Waals surface area contributed by atoms with Gasteiger partial charge in [0.1, 0.15) is 16.9 Å². The molecule has 2 aliphatic heterocycles. The summed E-state index contributed by atoms with van der Waals surface area (Å²) in [7, 11) is 0. The Morgan fingerprint density at radius 3 is 2.24 bits per heavy atom. The second kappa shape index (κ2) is 11.8. The van der Waals surface area contributed by atoms with Gasteiger partial charge >= 0.3 is 17.9 Å². The summed E-state index contributed by atoms with van der Waals surface area (Å²) in [5.41, 5.74) is -1.26. The average molecular weight is 606 g/mol. The number of pyridine rings is 1. The number of aromatic carboxylic acids is 1. The van der Waals surface area contributed by atoms with E-state index in [-0.39, 0.29) is 51.8 Å². The minimum absolute atomic E-state index is 0.00167. The molecule has 0 saturated heterocycles. The minimum atomic E-state index is -1.51. The number of nitrogens with zero attached hydrogens (tertiary/aromatic N) is 4. The van der Waals surface area contributed by atoms with Crippen LogP contribution in [0.25, 0.3) is 0 Å². The van der Waals surface area contributed by atoms with Gasteiger partial charge in [0.05, 0.1) is 16.3 Å². The largest absolute Gasteiger partial charge is 0.479 e. The lowest BCUT2D eigenvalue weighted by Crippen LogP contribution is -2.47. The van der Waals surface area contributed by atoms with Gasteiger partial charge in [0.2, 0.25) is 0 Å². The number of carbonyl (C=O) groups excluding carboxylic acids is 1. The first kappa shape index (κ1) is 31.5. The van der Waals surface area contributed by atoms with Crippen LogP contribution in [0.4, 0.5) is 5.69 Å². The van der Waals surface area contributed by atoms with Crippen molar-refractivity contribution in [1.29, 1.82) is 0 Å². The zero-order valence-corrected chi connectivity index (χ0v) is 24.4. The summed E-state index contributed by atoms with van der Waals surface area (Å²) in [6.07, 6.45) is 2.08. The number of hydrogen-bond donors (Lipinski definition) is 4. The van der Waals surface area contributed by atoms with Crippen LogP contribution in [0.15, 0.2) is 40.6 Å². The molecule has 14 heteroatoms. The quantitative estimate of drug-likeness (QED) is 0.360. The molecule has 0 radical (unpaired) electrons. The van der Waals surface area contributed by atoms with E-state index in [1.807, 2.05) is 20.8 Å². The standard InChI is InChI=1S/C15H19N3O3.C12H10Cl2N2O4/c1-5-9-6-10(13(19)20)11(16-7-9)12-17-14(21)15(4,18-12)8(2)3;1-12(11(19)20)5-8(10(17)18)15-16(12)9-3-2-6(13)4-7(9)14/h6-8H,5H2,1-4H3,(H,19,20)(H,17,18,21);2-4H,5H2,1H3,(H,17,18)(H,19,20). The lowest BCUT2D eigenvalue weighted by Gasteiger charge is -2.30. The first-order chi connectivity index (χ1) is 19.0. The first-order valence-electron chi connectivity index (χ1n) is 12.5. The van der Waals surface area contributed by atoms with E-state index in [0.29, 0.717) is 11.4 Å². The number of aliphatic imine (C=N–C) groups is 1. The highest BCUT2D eigenvalue weighted by Crippen LogP contribution is 2.38. The number of aliphatic carboxylic acids is 2. The van der Waals surface area contributed by atoms with Crippen molar-refractivity contribution in [2.75, 3.05) is 5.01 Å². The predicted octanol–water partition coefficient (Wildman–Crippen LogP) is 4.12. The van der Waals surface area contributed by atoms with Crippen molar-refractivity contribution in [1.82, 2.24) is 10.3 Å². The van der Waals surface area contributed by atoms with Crippen LogP contribution in [0.3, 0.4) is 0 Å². The van der Waals surface area contributed by atoms with Crippen molar-refractivity contribution < 1.29 is 34.5 Å². The van der Waals surface area contributed by atoms with Crippen LogP contribution < -0.4 is 10.3 Å². The molecule has 0 spiro atoms. The monoisotopic (exact) mass is 605 g/mol. The number of aryl methyl sites for hydroxylation is 1. The van der Waals surface area contributed by atoms with Crippen molar-refractivity contribution in [3.05, 3.63) is 57.3 Å². The van der Waals surface area contributed by atoms with Crippen LogP contribution in [0.5, 0.6) is 0 Å². The Kier molecular flexibility index (Phi) is 9.09. The van der Waals surface area contributed by atoms with Crippen molar-refractivity contribution in [3.63, 3.8) is 0 Å². The second-order valence-electron chi connectivity index (χ2n) is 10.1. The van der Waals surface area contributed by atoms with E-state index in [4.69, 9.17) is 28.3 Å². The lowest BCUT2D eigenvalue weighted by atomic mass is 9.89. The highest BCUT2D eigenvalue weighted by molar-refractivity contribution is 6.38. The van der Waals surface area contributed by atoms with E-state index < -0.39 is 29.0 Å². The summed E-state index contributed by atoms with van der Waals surface area (Å²) in [6.45, 7) is 8.85. The molecule has 12 nitrogen and oxygen atoms in total. The lowest BCUT2D eigenvalue weighted by molar-refractivity contribution is -0.142. The van der Waals surface area contributed by atoms with Gasteiger partial charge in [-0.3, -0.25) is 9.78 Å². The number of carboxylic acid groups (broad SMARTS) is 3. The van der Waals surface area contributed by atoms with Crippen molar-refractivity contribution in [2.24, 2.45) is 16.0 Å². The van der Waals surface area contributed by atoms with E-state index in [9.17, 15) is 29.4 Å². The van der Waals surface area contributed by atoms with Gasteiger partial charge in [-0.25, -0.2) is 24.4 Å². The molecule has 218 valence electrons. The van der Waals surface area contributed by atoms with E-state index in [1.54, 1.807) is 19.2 Å². The van der Waals surface area contributed by atoms with E-state index >= 15 is 0 Å². The molecule has 0 bridgehead atoms. The molecule has 0 saturated carbocycles. The van der Waals surface area contributed by atoms with Crippen LogP contribution in [-0.4, -0.2) is 66.7 Å². The van der Waals surface area contributed by atoms with Gasteiger partial charge < -0.3 is 20.6 Å². The Bertz CT molecular complexity index is 1490. The number of aromatic nitrogens is 1. The Labute approximate surface area is 245 Å². The Morgan fingerprint density at radius 1 is 1.10 bits per heavy atom. The molecule has 2 atom stereocenters.